The van der Waals surface area contributed by atoms with Crippen LogP contribution in [0.5, 0.6) is 0 Å². The molecule has 0 atom stereocenters. The van der Waals surface area contributed by atoms with Crippen LogP contribution in [0.1, 0.15) is 11.6 Å². The summed E-state index contributed by atoms with van der Waals surface area (Å²) in [6, 6.07) is 12.4. The third-order valence-electron chi connectivity index (χ3n) is 3.33. The number of nitrogen functional groups attached to an aromatic ring is 1. The number of anilines is 1. The molecule has 6 nitrogen and oxygen atoms in total. The van der Waals surface area contributed by atoms with Gasteiger partial charge in [0.2, 0.25) is 5.89 Å². The highest BCUT2D eigenvalue weighted by molar-refractivity contribution is 5.78. The van der Waals surface area contributed by atoms with Crippen molar-refractivity contribution < 1.29 is 8.83 Å². The van der Waals surface area contributed by atoms with Crippen LogP contribution in [0.2, 0.25) is 0 Å². The summed E-state index contributed by atoms with van der Waals surface area (Å²) in [5.74, 6) is 0.393. The van der Waals surface area contributed by atoms with Gasteiger partial charge in [0.15, 0.2) is 11.2 Å². The molecule has 2 N–H and O–H groups in total. The summed E-state index contributed by atoms with van der Waals surface area (Å²) in [5, 5.41) is 0. The summed E-state index contributed by atoms with van der Waals surface area (Å²) in [7, 11) is 0. The van der Waals surface area contributed by atoms with Gasteiger partial charge in [-0.2, -0.15) is 0 Å². The first-order chi connectivity index (χ1) is 11.2. The van der Waals surface area contributed by atoms with Gasteiger partial charge < -0.3 is 14.6 Å². The van der Waals surface area contributed by atoms with Gasteiger partial charge in [-0.05, 0) is 30.3 Å². The van der Waals surface area contributed by atoms with E-state index in [0.717, 1.165) is 5.52 Å². The highest BCUT2D eigenvalue weighted by Gasteiger charge is 2.06. The van der Waals surface area contributed by atoms with Crippen LogP contribution in [0.15, 0.2) is 56.1 Å². The largest absolute Gasteiger partial charge is 0.437 e. The van der Waals surface area contributed by atoms with Gasteiger partial charge in [-0.25, -0.2) is 14.8 Å². The Hall–Kier alpha value is -3.41. The quantitative estimate of drug-likeness (QED) is 0.572. The van der Waals surface area contributed by atoms with Gasteiger partial charge >= 0.3 is 5.63 Å². The Labute approximate surface area is 129 Å². The highest BCUT2D eigenvalue weighted by Crippen LogP contribution is 2.17. The Bertz CT molecular complexity index is 1080. The molecule has 112 valence electrons. The number of aromatic nitrogens is 2. The number of benzene rings is 2. The zero-order valence-electron chi connectivity index (χ0n) is 11.9. The van der Waals surface area contributed by atoms with E-state index >= 15 is 0 Å². The van der Waals surface area contributed by atoms with E-state index < -0.39 is 5.63 Å². The lowest BCUT2D eigenvalue weighted by Gasteiger charge is -1.98. The minimum absolute atomic E-state index is 0.171. The topological polar surface area (TPSA) is 95.1 Å². The van der Waals surface area contributed by atoms with Crippen molar-refractivity contribution in [2.24, 2.45) is 0 Å². The van der Waals surface area contributed by atoms with E-state index in [2.05, 4.69) is 9.97 Å². The summed E-state index contributed by atoms with van der Waals surface area (Å²) >= 11 is 0. The fraction of sp³-hybridized carbons (Fsp3) is 0. The molecule has 4 aromatic rings. The summed E-state index contributed by atoms with van der Waals surface area (Å²) < 4.78 is 10.8. The van der Waals surface area contributed by atoms with Gasteiger partial charge in [0.1, 0.15) is 16.7 Å². The number of para-hydroxylation sites is 2. The second-order valence-corrected chi connectivity index (χ2v) is 4.97. The second kappa shape index (κ2) is 5.10. The number of rotatable bonds is 2. The van der Waals surface area contributed by atoms with Crippen LogP contribution in [0.4, 0.5) is 5.69 Å². The zero-order valence-corrected chi connectivity index (χ0v) is 11.9. The molecule has 0 aliphatic rings. The number of oxazole rings is 1. The summed E-state index contributed by atoms with van der Waals surface area (Å²) in [6.07, 6.45) is 3.11. The van der Waals surface area contributed by atoms with Crippen LogP contribution in [0.3, 0.4) is 0 Å². The van der Waals surface area contributed by atoms with Gasteiger partial charge in [-0.3, -0.25) is 0 Å². The Morgan fingerprint density at radius 3 is 2.61 bits per heavy atom. The van der Waals surface area contributed by atoms with Gasteiger partial charge in [-0.1, -0.05) is 12.1 Å². The molecule has 0 aliphatic carbocycles. The Balaban J connectivity index is 1.75. The van der Waals surface area contributed by atoms with Crippen LogP contribution in [-0.2, 0) is 0 Å². The SMILES string of the molecule is Nc1ccc2nc(/C=C/c3nc4ccccc4o3)c(=O)oc2c1. The molecule has 0 fully saturated rings. The molecular weight excluding hydrogens is 294 g/mol. The van der Waals surface area contributed by atoms with Crippen molar-refractivity contribution in [3.63, 3.8) is 0 Å². The average molecular weight is 305 g/mol. The minimum atomic E-state index is -0.546. The van der Waals surface area contributed by atoms with Crippen molar-refractivity contribution in [3.05, 3.63) is 64.5 Å². The van der Waals surface area contributed by atoms with E-state index in [4.69, 9.17) is 14.6 Å². The standard InChI is InChI=1S/C17H11N3O3/c18-10-5-6-12-15(9-10)23-17(21)13(19-12)7-8-16-20-11-3-1-2-4-14(11)22-16/h1-9H,18H2/b8-7+. The number of nitrogens with two attached hydrogens (primary N) is 1. The van der Waals surface area contributed by atoms with Crippen molar-refractivity contribution in [1.82, 2.24) is 9.97 Å². The van der Waals surface area contributed by atoms with Gasteiger partial charge in [0.25, 0.3) is 0 Å². The molecule has 0 bridgehead atoms. The third kappa shape index (κ3) is 2.46. The zero-order chi connectivity index (χ0) is 15.8. The van der Waals surface area contributed by atoms with E-state index in [1.807, 2.05) is 24.3 Å². The van der Waals surface area contributed by atoms with E-state index in [-0.39, 0.29) is 5.69 Å². The molecule has 6 heteroatoms. The van der Waals surface area contributed by atoms with E-state index in [9.17, 15) is 4.79 Å². The van der Waals surface area contributed by atoms with E-state index in [1.54, 1.807) is 24.3 Å². The second-order valence-electron chi connectivity index (χ2n) is 4.97. The molecule has 0 saturated heterocycles. The van der Waals surface area contributed by atoms with Crippen molar-refractivity contribution in [3.8, 4) is 0 Å². The maximum Gasteiger partial charge on any atom is 0.362 e. The lowest BCUT2D eigenvalue weighted by molar-refractivity contribution is 0.552. The van der Waals surface area contributed by atoms with Crippen LogP contribution < -0.4 is 11.4 Å². The molecule has 23 heavy (non-hydrogen) atoms. The molecule has 0 saturated carbocycles. The predicted octanol–water partition coefficient (Wildman–Crippen LogP) is 3.08. The maximum absolute atomic E-state index is 12.0. The summed E-state index contributed by atoms with van der Waals surface area (Å²) in [6.45, 7) is 0. The van der Waals surface area contributed by atoms with Crippen LogP contribution >= 0.6 is 0 Å². The van der Waals surface area contributed by atoms with E-state index in [0.29, 0.717) is 28.3 Å². The summed E-state index contributed by atoms with van der Waals surface area (Å²) in [5.41, 5.74) is 8.14. The molecule has 2 aromatic heterocycles. The van der Waals surface area contributed by atoms with Crippen molar-refractivity contribution in [1.29, 1.82) is 0 Å². The first kappa shape index (κ1) is 13.3. The first-order valence-electron chi connectivity index (χ1n) is 6.93. The highest BCUT2D eigenvalue weighted by atomic mass is 16.4. The van der Waals surface area contributed by atoms with Gasteiger partial charge in [0.05, 0.1) is 0 Å². The van der Waals surface area contributed by atoms with Gasteiger partial charge in [-0.15, -0.1) is 0 Å². The van der Waals surface area contributed by atoms with Crippen LogP contribution in [0, 0.1) is 0 Å². The number of hydrogen-bond donors (Lipinski definition) is 1. The van der Waals surface area contributed by atoms with Gasteiger partial charge in [0, 0.05) is 17.8 Å². The van der Waals surface area contributed by atoms with Crippen molar-refractivity contribution in [2.75, 3.05) is 5.73 Å². The molecule has 0 radical (unpaired) electrons. The predicted molar refractivity (Wildman–Crippen MR) is 87.6 cm³/mol. The monoisotopic (exact) mass is 305 g/mol. The number of fused-ring (bicyclic) bond motifs is 2. The molecule has 0 spiro atoms. The van der Waals surface area contributed by atoms with Crippen LogP contribution in [-0.4, -0.2) is 9.97 Å². The maximum atomic E-state index is 12.0. The molecular formula is C17H11N3O3. The fourth-order valence-corrected chi connectivity index (χ4v) is 2.25. The Kier molecular flexibility index (Phi) is 2.94. The smallest absolute Gasteiger partial charge is 0.362 e. The molecule has 2 aromatic carbocycles. The minimum Gasteiger partial charge on any atom is -0.437 e. The third-order valence-corrected chi connectivity index (χ3v) is 3.33. The van der Waals surface area contributed by atoms with E-state index in [1.165, 1.54) is 6.08 Å². The molecule has 2 heterocycles. The number of hydrogen-bond acceptors (Lipinski definition) is 6. The van der Waals surface area contributed by atoms with Crippen LogP contribution in [0.25, 0.3) is 34.4 Å². The molecule has 0 amide bonds. The lowest BCUT2D eigenvalue weighted by Crippen LogP contribution is -2.06. The average Bonchev–Trinajstić information content (AvgIpc) is 2.95. The number of nitrogens with zero attached hydrogens (tertiary/aromatic N) is 2. The molecule has 4 rings (SSSR count). The fourth-order valence-electron chi connectivity index (χ4n) is 2.25. The first-order valence-corrected chi connectivity index (χ1v) is 6.93. The van der Waals surface area contributed by atoms with Crippen molar-refractivity contribution >= 4 is 40.0 Å². The summed E-state index contributed by atoms with van der Waals surface area (Å²) in [4.78, 5) is 20.5. The Morgan fingerprint density at radius 2 is 1.74 bits per heavy atom. The Morgan fingerprint density at radius 1 is 0.913 bits per heavy atom. The molecule has 0 aliphatic heterocycles. The van der Waals surface area contributed by atoms with Crippen molar-refractivity contribution in [2.45, 2.75) is 0 Å². The molecule has 0 unspecified atom stereocenters. The lowest BCUT2D eigenvalue weighted by atomic mass is 10.3. The normalized spacial score (nSPS) is 11.7.